The van der Waals surface area contributed by atoms with Crippen molar-refractivity contribution in [1.29, 1.82) is 0 Å². The third-order valence-corrected chi connectivity index (χ3v) is 5.26. The van der Waals surface area contributed by atoms with E-state index in [9.17, 15) is 4.79 Å². The number of carbonyl (C=O) groups excluding carboxylic acids is 1. The quantitative estimate of drug-likeness (QED) is 0.871. The molecule has 0 saturated heterocycles. The number of nitrogens with zero attached hydrogens (tertiary/aromatic N) is 3. The molecule has 2 heterocycles. The summed E-state index contributed by atoms with van der Waals surface area (Å²) < 4.78 is 7.73. The van der Waals surface area contributed by atoms with Crippen LogP contribution in [0.1, 0.15) is 19.2 Å². The van der Waals surface area contributed by atoms with E-state index in [1.54, 1.807) is 7.11 Å². The van der Waals surface area contributed by atoms with Crippen LogP contribution in [-0.2, 0) is 17.8 Å². The van der Waals surface area contributed by atoms with Crippen LogP contribution in [0.4, 0.5) is 0 Å². The monoisotopic (exact) mass is 325 g/mol. The van der Waals surface area contributed by atoms with E-state index in [-0.39, 0.29) is 5.92 Å². The smallest absolute Gasteiger partial charge is 0.226 e. The maximum atomic E-state index is 12.5. The molecule has 1 fully saturated rings. The minimum atomic E-state index is 0.254. The Bertz CT molecular complexity index is 768. The molecule has 0 bridgehead atoms. The lowest BCUT2D eigenvalue weighted by atomic mass is 10.1. The van der Waals surface area contributed by atoms with Crippen LogP contribution in [0.15, 0.2) is 30.5 Å². The van der Waals surface area contributed by atoms with Crippen molar-refractivity contribution in [3.8, 4) is 17.0 Å². The van der Waals surface area contributed by atoms with E-state index in [1.807, 2.05) is 29.3 Å². The molecule has 5 heteroatoms. The highest BCUT2D eigenvalue weighted by molar-refractivity contribution is 5.81. The predicted octanol–water partition coefficient (Wildman–Crippen LogP) is 2.60. The van der Waals surface area contributed by atoms with Gasteiger partial charge >= 0.3 is 0 Å². The summed E-state index contributed by atoms with van der Waals surface area (Å²) in [6.45, 7) is 4.47. The fourth-order valence-electron chi connectivity index (χ4n) is 3.62. The number of rotatable bonds is 3. The molecule has 2 atom stereocenters. The molecule has 0 radical (unpaired) electrons. The molecule has 24 heavy (non-hydrogen) atoms. The van der Waals surface area contributed by atoms with Crippen molar-refractivity contribution in [2.45, 2.75) is 26.3 Å². The van der Waals surface area contributed by atoms with Gasteiger partial charge in [0.05, 0.1) is 19.0 Å². The summed E-state index contributed by atoms with van der Waals surface area (Å²) in [6.07, 6.45) is 3.78. The van der Waals surface area contributed by atoms with E-state index in [1.165, 1.54) is 0 Å². The minimum absolute atomic E-state index is 0.254. The van der Waals surface area contributed by atoms with Crippen LogP contribution in [0.2, 0.25) is 0 Å². The Morgan fingerprint density at radius 1 is 1.25 bits per heavy atom. The van der Waals surface area contributed by atoms with Crippen LogP contribution in [0.3, 0.4) is 0 Å². The van der Waals surface area contributed by atoms with Crippen molar-refractivity contribution >= 4 is 5.91 Å². The lowest BCUT2D eigenvalue weighted by Crippen LogP contribution is -2.35. The Hall–Kier alpha value is -2.30. The van der Waals surface area contributed by atoms with Gasteiger partial charge in [-0.25, -0.2) is 4.98 Å². The molecule has 1 saturated carbocycles. The number of amides is 1. The Morgan fingerprint density at radius 2 is 2.04 bits per heavy atom. The van der Waals surface area contributed by atoms with Crippen LogP contribution in [-0.4, -0.2) is 40.6 Å². The van der Waals surface area contributed by atoms with Gasteiger partial charge in [0.1, 0.15) is 11.6 Å². The third kappa shape index (κ3) is 2.58. The summed E-state index contributed by atoms with van der Waals surface area (Å²) in [5.74, 6) is 3.04. The molecule has 0 N–H and O–H groups in total. The van der Waals surface area contributed by atoms with Gasteiger partial charge in [-0.15, -0.1) is 0 Å². The zero-order chi connectivity index (χ0) is 16.7. The Kier molecular flexibility index (Phi) is 3.79. The van der Waals surface area contributed by atoms with E-state index in [2.05, 4.69) is 22.5 Å². The first kappa shape index (κ1) is 15.2. The molecule has 1 aliphatic carbocycles. The maximum absolute atomic E-state index is 12.5. The molecule has 5 nitrogen and oxygen atoms in total. The number of para-hydroxylation sites is 1. The number of methoxy groups -OCH3 is 1. The number of hydrogen-bond donors (Lipinski definition) is 0. The summed E-state index contributed by atoms with van der Waals surface area (Å²) in [7, 11) is 1.69. The third-order valence-electron chi connectivity index (χ3n) is 5.26. The fourth-order valence-corrected chi connectivity index (χ4v) is 3.62. The van der Waals surface area contributed by atoms with Gasteiger partial charge in [0.15, 0.2) is 0 Å². The largest absolute Gasteiger partial charge is 0.496 e. The number of imidazole rings is 1. The molecule has 1 aromatic heterocycles. The van der Waals surface area contributed by atoms with Gasteiger partial charge in [0.25, 0.3) is 0 Å². The van der Waals surface area contributed by atoms with Gasteiger partial charge in [0.2, 0.25) is 5.91 Å². The van der Waals surface area contributed by atoms with E-state index in [0.717, 1.165) is 55.3 Å². The van der Waals surface area contributed by atoms with Gasteiger partial charge in [-0.2, -0.15) is 0 Å². The number of ether oxygens (including phenoxy) is 1. The summed E-state index contributed by atoms with van der Waals surface area (Å²) in [5, 5.41) is 0. The molecular formula is C19H23N3O2. The van der Waals surface area contributed by atoms with E-state index < -0.39 is 0 Å². The van der Waals surface area contributed by atoms with Crippen molar-refractivity contribution in [1.82, 2.24) is 14.5 Å². The van der Waals surface area contributed by atoms with E-state index >= 15 is 0 Å². The molecule has 2 aromatic rings. The van der Waals surface area contributed by atoms with Gasteiger partial charge in [-0.1, -0.05) is 19.1 Å². The highest BCUT2D eigenvalue weighted by Crippen LogP contribution is 2.39. The number of hydrogen-bond acceptors (Lipinski definition) is 3. The van der Waals surface area contributed by atoms with Crippen molar-refractivity contribution in [2.24, 2.45) is 11.8 Å². The number of fused-ring (bicyclic) bond motifs is 1. The van der Waals surface area contributed by atoms with Crippen LogP contribution >= 0.6 is 0 Å². The van der Waals surface area contributed by atoms with Crippen LogP contribution < -0.4 is 4.74 Å². The molecular weight excluding hydrogens is 302 g/mol. The summed E-state index contributed by atoms with van der Waals surface area (Å²) in [6, 6.07) is 8.01. The van der Waals surface area contributed by atoms with Gasteiger partial charge in [-0.05, 0) is 24.5 Å². The van der Waals surface area contributed by atoms with Crippen molar-refractivity contribution in [2.75, 3.05) is 20.2 Å². The Morgan fingerprint density at radius 3 is 2.79 bits per heavy atom. The second kappa shape index (κ2) is 5.96. The summed E-state index contributed by atoms with van der Waals surface area (Å²) >= 11 is 0. The minimum Gasteiger partial charge on any atom is -0.496 e. The molecule has 0 unspecified atom stereocenters. The van der Waals surface area contributed by atoms with E-state index in [0.29, 0.717) is 11.8 Å². The van der Waals surface area contributed by atoms with Crippen molar-refractivity contribution in [3.63, 3.8) is 0 Å². The predicted molar refractivity (Wildman–Crippen MR) is 91.8 cm³/mol. The fraction of sp³-hybridized carbons (Fsp3) is 0.474. The zero-order valence-corrected chi connectivity index (χ0v) is 14.2. The van der Waals surface area contributed by atoms with E-state index in [4.69, 9.17) is 4.74 Å². The van der Waals surface area contributed by atoms with Gasteiger partial charge in [-0.3, -0.25) is 4.79 Å². The first-order valence-corrected chi connectivity index (χ1v) is 8.65. The number of benzene rings is 1. The van der Waals surface area contributed by atoms with Crippen LogP contribution in [0.25, 0.3) is 11.3 Å². The van der Waals surface area contributed by atoms with Crippen molar-refractivity contribution in [3.05, 3.63) is 36.3 Å². The van der Waals surface area contributed by atoms with Gasteiger partial charge in [0, 0.05) is 37.5 Å². The molecule has 126 valence electrons. The van der Waals surface area contributed by atoms with Crippen molar-refractivity contribution < 1.29 is 9.53 Å². The summed E-state index contributed by atoms with van der Waals surface area (Å²) in [5.41, 5.74) is 2.12. The second-order valence-electron chi connectivity index (χ2n) is 6.81. The van der Waals surface area contributed by atoms with Crippen LogP contribution in [0.5, 0.6) is 5.75 Å². The second-order valence-corrected chi connectivity index (χ2v) is 6.81. The summed E-state index contributed by atoms with van der Waals surface area (Å²) in [4.78, 5) is 19.2. The topological polar surface area (TPSA) is 47.4 Å². The standard InChI is InChI=1S/C19H23N3O2/c1-13-11-15(13)19(23)21-8-7-18-20-12-16(22(18)10-9-21)14-5-3-4-6-17(14)24-2/h3-6,12-13,15H,7-11H2,1-2H3/t13-,15-/m0/s1. The first-order chi connectivity index (χ1) is 11.7. The lowest BCUT2D eigenvalue weighted by molar-refractivity contribution is -0.132. The number of carbonyl (C=O) groups is 1. The van der Waals surface area contributed by atoms with Gasteiger partial charge < -0.3 is 14.2 Å². The highest BCUT2D eigenvalue weighted by atomic mass is 16.5. The highest BCUT2D eigenvalue weighted by Gasteiger charge is 2.41. The molecule has 1 amide bonds. The molecule has 0 spiro atoms. The van der Waals surface area contributed by atoms with Crippen LogP contribution in [0, 0.1) is 11.8 Å². The average molecular weight is 325 g/mol. The Balaban J connectivity index is 1.59. The molecule has 2 aliphatic rings. The molecule has 1 aromatic carbocycles. The lowest BCUT2D eigenvalue weighted by Gasteiger charge is -2.20. The number of aromatic nitrogens is 2. The SMILES string of the molecule is COc1ccccc1-c1cnc2n1CCN(C(=O)[C@H]1C[C@@H]1C)CC2. The normalized spacial score (nSPS) is 22.7. The molecule has 4 rings (SSSR count). The average Bonchev–Trinajstić information content (AvgIpc) is 3.27. The first-order valence-electron chi connectivity index (χ1n) is 8.65. The maximum Gasteiger partial charge on any atom is 0.226 e. The zero-order valence-electron chi connectivity index (χ0n) is 14.2. The molecule has 1 aliphatic heterocycles. The Labute approximate surface area is 142 Å².